The van der Waals surface area contributed by atoms with Crippen molar-refractivity contribution >= 4 is 21.7 Å². The summed E-state index contributed by atoms with van der Waals surface area (Å²) in [7, 11) is 0. The van der Waals surface area contributed by atoms with Gasteiger partial charge in [-0.15, -0.1) is 10.2 Å². The van der Waals surface area contributed by atoms with Crippen LogP contribution in [-0.2, 0) is 24.5 Å². The van der Waals surface area contributed by atoms with Crippen LogP contribution in [0.5, 0.6) is 5.75 Å². The largest absolute Gasteiger partial charge is 0.485 e. The van der Waals surface area contributed by atoms with Crippen molar-refractivity contribution < 1.29 is 14.3 Å². The van der Waals surface area contributed by atoms with Crippen molar-refractivity contribution in [3.8, 4) is 5.75 Å². The van der Waals surface area contributed by atoms with E-state index in [1.807, 2.05) is 31.4 Å². The number of halogens is 1. The summed E-state index contributed by atoms with van der Waals surface area (Å²) < 4.78 is 14.1. The standard InChI is InChI=1S/C17H20BrN3O3/c1-17(2,3)16(22)12-8-11(18)4-5-13(12)24-10-15-20-19-14-9-23-7-6-21(14)15/h4-5,8H,6-7,9-10H2,1-3H3. The molecule has 0 unspecified atom stereocenters. The van der Waals surface area contributed by atoms with Gasteiger partial charge in [-0.05, 0) is 18.2 Å². The first-order valence-corrected chi connectivity index (χ1v) is 8.61. The van der Waals surface area contributed by atoms with E-state index in [1.54, 1.807) is 12.1 Å². The third-order valence-electron chi connectivity index (χ3n) is 3.82. The van der Waals surface area contributed by atoms with Crippen LogP contribution in [-0.4, -0.2) is 27.2 Å². The number of rotatable bonds is 4. The minimum atomic E-state index is -0.482. The van der Waals surface area contributed by atoms with E-state index in [0.717, 1.165) is 22.7 Å². The zero-order chi connectivity index (χ0) is 17.3. The highest BCUT2D eigenvalue weighted by molar-refractivity contribution is 9.10. The van der Waals surface area contributed by atoms with Crippen LogP contribution >= 0.6 is 15.9 Å². The summed E-state index contributed by atoms with van der Waals surface area (Å²) in [4.78, 5) is 12.7. The Hall–Kier alpha value is -1.73. The molecule has 0 aliphatic carbocycles. The molecule has 1 aromatic carbocycles. The number of nitrogens with zero attached hydrogens (tertiary/aromatic N) is 3. The molecule has 6 nitrogen and oxygen atoms in total. The predicted molar refractivity (Wildman–Crippen MR) is 91.9 cm³/mol. The fourth-order valence-electron chi connectivity index (χ4n) is 2.52. The van der Waals surface area contributed by atoms with Crippen LogP contribution in [0, 0.1) is 5.41 Å². The number of fused-ring (bicyclic) bond motifs is 1. The molecule has 0 atom stereocenters. The molecule has 0 N–H and O–H groups in total. The lowest BCUT2D eigenvalue weighted by atomic mass is 9.86. The minimum Gasteiger partial charge on any atom is -0.485 e. The zero-order valence-electron chi connectivity index (χ0n) is 14.0. The van der Waals surface area contributed by atoms with Gasteiger partial charge in [0.1, 0.15) is 19.0 Å². The van der Waals surface area contributed by atoms with Crippen LogP contribution in [0.15, 0.2) is 22.7 Å². The maximum atomic E-state index is 12.7. The molecule has 0 radical (unpaired) electrons. The molecule has 0 saturated heterocycles. The third-order valence-corrected chi connectivity index (χ3v) is 4.31. The highest BCUT2D eigenvalue weighted by Gasteiger charge is 2.26. The predicted octanol–water partition coefficient (Wildman–Crippen LogP) is 3.38. The quantitative estimate of drug-likeness (QED) is 0.744. The Morgan fingerprint density at radius 1 is 1.38 bits per heavy atom. The maximum absolute atomic E-state index is 12.7. The van der Waals surface area contributed by atoms with Crippen molar-refractivity contribution in [2.75, 3.05) is 6.61 Å². The van der Waals surface area contributed by atoms with E-state index in [1.165, 1.54) is 0 Å². The molecule has 1 aliphatic rings. The molecule has 0 saturated carbocycles. The van der Waals surface area contributed by atoms with Crippen LogP contribution in [0.1, 0.15) is 42.8 Å². The van der Waals surface area contributed by atoms with Gasteiger partial charge in [-0.2, -0.15) is 0 Å². The lowest BCUT2D eigenvalue weighted by Gasteiger charge is -2.20. The zero-order valence-corrected chi connectivity index (χ0v) is 15.6. The van der Waals surface area contributed by atoms with Crippen molar-refractivity contribution in [1.82, 2.24) is 14.8 Å². The molecule has 7 heteroatoms. The van der Waals surface area contributed by atoms with E-state index in [-0.39, 0.29) is 12.4 Å². The van der Waals surface area contributed by atoms with Gasteiger partial charge in [0.15, 0.2) is 17.4 Å². The highest BCUT2D eigenvalue weighted by Crippen LogP contribution is 2.30. The number of carbonyl (C=O) groups excluding carboxylic acids is 1. The molecular weight excluding hydrogens is 374 g/mol. The number of Topliss-reactive ketones (excluding diaryl/α,β-unsaturated/α-hetero) is 1. The fraction of sp³-hybridized carbons (Fsp3) is 0.471. The summed E-state index contributed by atoms with van der Waals surface area (Å²) in [5, 5.41) is 8.28. The van der Waals surface area contributed by atoms with Gasteiger partial charge in [-0.25, -0.2) is 0 Å². The van der Waals surface area contributed by atoms with Crippen LogP contribution < -0.4 is 4.74 Å². The van der Waals surface area contributed by atoms with Gasteiger partial charge >= 0.3 is 0 Å². The highest BCUT2D eigenvalue weighted by atomic mass is 79.9. The minimum absolute atomic E-state index is 0.0375. The Bertz CT molecular complexity index is 765. The summed E-state index contributed by atoms with van der Waals surface area (Å²) in [6, 6.07) is 5.47. The molecule has 2 heterocycles. The molecular formula is C17H20BrN3O3. The summed E-state index contributed by atoms with van der Waals surface area (Å²) in [5.41, 5.74) is 0.0863. The molecule has 1 aromatic heterocycles. The normalized spacial score (nSPS) is 14.3. The first-order valence-electron chi connectivity index (χ1n) is 7.82. The number of ketones is 1. The Morgan fingerprint density at radius 3 is 2.92 bits per heavy atom. The third kappa shape index (κ3) is 3.52. The van der Waals surface area contributed by atoms with Crippen LogP contribution in [0.25, 0.3) is 0 Å². The average Bonchev–Trinajstić information content (AvgIpc) is 2.95. The van der Waals surface area contributed by atoms with Gasteiger partial charge in [0.2, 0.25) is 0 Å². The first kappa shape index (κ1) is 17.1. The second-order valence-corrected chi connectivity index (χ2v) is 7.66. The maximum Gasteiger partial charge on any atom is 0.171 e. The van der Waals surface area contributed by atoms with Crippen molar-refractivity contribution in [3.63, 3.8) is 0 Å². The summed E-state index contributed by atoms with van der Waals surface area (Å²) >= 11 is 3.42. The Balaban J connectivity index is 1.83. The molecule has 2 aromatic rings. The number of carbonyl (C=O) groups is 1. The van der Waals surface area contributed by atoms with E-state index >= 15 is 0 Å². The summed E-state index contributed by atoms with van der Waals surface area (Å²) in [6.07, 6.45) is 0. The van der Waals surface area contributed by atoms with Gasteiger partial charge in [0, 0.05) is 16.4 Å². The molecule has 0 amide bonds. The number of hydrogen-bond acceptors (Lipinski definition) is 5. The molecule has 0 fully saturated rings. The van der Waals surface area contributed by atoms with Crippen LogP contribution in [0.3, 0.4) is 0 Å². The number of aromatic nitrogens is 3. The Labute approximate surface area is 149 Å². The van der Waals surface area contributed by atoms with E-state index in [0.29, 0.717) is 24.5 Å². The second kappa shape index (κ2) is 6.64. The van der Waals surface area contributed by atoms with E-state index in [2.05, 4.69) is 26.1 Å². The van der Waals surface area contributed by atoms with Crippen molar-refractivity contribution in [3.05, 3.63) is 39.9 Å². The molecule has 128 valence electrons. The van der Waals surface area contributed by atoms with Crippen LogP contribution in [0.4, 0.5) is 0 Å². The second-order valence-electron chi connectivity index (χ2n) is 6.74. The molecule has 1 aliphatic heterocycles. The number of ether oxygens (including phenoxy) is 2. The summed E-state index contributed by atoms with van der Waals surface area (Å²) in [6.45, 7) is 7.79. The lowest BCUT2D eigenvalue weighted by molar-refractivity contribution is 0.0793. The molecule has 24 heavy (non-hydrogen) atoms. The van der Waals surface area contributed by atoms with Gasteiger partial charge in [-0.1, -0.05) is 36.7 Å². The first-order chi connectivity index (χ1) is 11.4. The van der Waals surface area contributed by atoms with Crippen molar-refractivity contribution in [2.24, 2.45) is 5.41 Å². The topological polar surface area (TPSA) is 66.2 Å². The van der Waals surface area contributed by atoms with E-state index in [4.69, 9.17) is 9.47 Å². The van der Waals surface area contributed by atoms with Gasteiger partial charge in [0.25, 0.3) is 0 Å². The summed E-state index contributed by atoms with van der Waals surface area (Å²) in [5.74, 6) is 2.14. The SMILES string of the molecule is CC(C)(C)C(=O)c1cc(Br)ccc1OCc1nnc2n1CCOC2. The van der Waals surface area contributed by atoms with E-state index < -0.39 is 5.41 Å². The van der Waals surface area contributed by atoms with Gasteiger partial charge < -0.3 is 14.0 Å². The fourth-order valence-corrected chi connectivity index (χ4v) is 2.88. The smallest absolute Gasteiger partial charge is 0.171 e. The Morgan fingerprint density at radius 2 is 2.17 bits per heavy atom. The average molecular weight is 394 g/mol. The molecule has 0 spiro atoms. The van der Waals surface area contributed by atoms with Crippen LogP contribution in [0.2, 0.25) is 0 Å². The Kier molecular flexibility index (Phi) is 4.73. The van der Waals surface area contributed by atoms with Crippen molar-refractivity contribution in [1.29, 1.82) is 0 Å². The lowest BCUT2D eigenvalue weighted by Crippen LogP contribution is -2.22. The number of hydrogen-bond donors (Lipinski definition) is 0. The van der Waals surface area contributed by atoms with Crippen molar-refractivity contribution in [2.45, 2.75) is 40.5 Å². The monoisotopic (exact) mass is 393 g/mol. The molecule has 0 bridgehead atoms. The molecule has 3 rings (SSSR count). The van der Waals surface area contributed by atoms with E-state index in [9.17, 15) is 4.79 Å². The van der Waals surface area contributed by atoms with Gasteiger partial charge in [0.05, 0.1) is 12.2 Å². The van der Waals surface area contributed by atoms with Gasteiger partial charge in [-0.3, -0.25) is 4.79 Å². The number of benzene rings is 1.